The van der Waals surface area contributed by atoms with Crippen LogP contribution in [0.4, 0.5) is 5.95 Å². The van der Waals surface area contributed by atoms with Gasteiger partial charge in [0.1, 0.15) is 5.65 Å². The fourth-order valence-corrected chi connectivity index (χ4v) is 4.21. The van der Waals surface area contributed by atoms with E-state index in [-0.39, 0.29) is 18.1 Å². The molecule has 29 heavy (non-hydrogen) atoms. The minimum Gasteiger partial charge on any atom is -0.368 e. The third kappa shape index (κ3) is 3.67. The van der Waals surface area contributed by atoms with E-state index < -0.39 is 0 Å². The molecule has 4 rings (SSSR count). The minimum atomic E-state index is -0.360. The van der Waals surface area contributed by atoms with Gasteiger partial charge in [-0.25, -0.2) is 4.98 Å². The average molecular weight is 466 g/mol. The molecule has 0 radical (unpaired) electrons. The summed E-state index contributed by atoms with van der Waals surface area (Å²) in [7, 11) is 0. The Labute approximate surface area is 185 Å². The van der Waals surface area contributed by atoms with Crippen molar-refractivity contribution in [1.82, 2.24) is 14.5 Å². The molecule has 9 heteroatoms. The predicted molar refractivity (Wildman–Crippen MR) is 119 cm³/mol. The van der Waals surface area contributed by atoms with E-state index in [4.69, 9.17) is 52.1 Å². The molecular formula is C20H12Cl4N4O. The fourth-order valence-electron chi connectivity index (χ4n) is 3.09. The Morgan fingerprint density at radius 3 is 2.14 bits per heavy atom. The Hall–Kier alpha value is -2.31. The van der Waals surface area contributed by atoms with Crippen molar-refractivity contribution in [3.63, 3.8) is 0 Å². The Balaban J connectivity index is 2.06. The molecule has 0 unspecified atom stereocenters. The van der Waals surface area contributed by atoms with Crippen LogP contribution in [-0.4, -0.2) is 14.5 Å². The van der Waals surface area contributed by atoms with Gasteiger partial charge in [-0.1, -0.05) is 58.5 Å². The number of aromatic nitrogens is 3. The molecule has 4 aromatic rings. The van der Waals surface area contributed by atoms with E-state index >= 15 is 0 Å². The Kier molecular flexibility index (Phi) is 5.40. The average Bonchev–Trinajstić information content (AvgIpc) is 2.67. The lowest BCUT2D eigenvalue weighted by atomic mass is 10.1. The van der Waals surface area contributed by atoms with Crippen molar-refractivity contribution in [3.8, 4) is 11.1 Å². The molecule has 0 aliphatic rings. The van der Waals surface area contributed by atoms with E-state index in [0.717, 1.165) is 0 Å². The van der Waals surface area contributed by atoms with Gasteiger partial charge in [-0.3, -0.25) is 9.36 Å². The highest BCUT2D eigenvalue weighted by Crippen LogP contribution is 2.34. The Bertz CT molecular complexity index is 1280. The smallest absolute Gasteiger partial charge is 0.260 e. The predicted octanol–water partition coefficient (Wildman–Crippen LogP) is 5.70. The quantitative estimate of drug-likeness (QED) is 0.421. The van der Waals surface area contributed by atoms with Gasteiger partial charge < -0.3 is 5.73 Å². The van der Waals surface area contributed by atoms with E-state index in [1.165, 1.54) is 10.8 Å². The summed E-state index contributed by atoms with van der Waals surface area (Å²) in [4.78, 5) is 21.8. The van der Waals surface area contributed by atoms with Crippen molar-refractivity contribution in [2.75, 3.05) is 5.73 Å². The second-order valence-corrected chi connectivity index (χ2v) is 7.88. The minimum absolute atomic E-state index is 0.0411. The van der Waals surface area contributed by atoms with Crippen molar-refractivity contribution in [2.45, 2.75) is 6.54 Å². The molecule has 2 N–H and O–H groups in total. The van der Waals surface area contributed by atoms with E-state index in [9.17, 15) is 4.79 Å². The van der Waals surface area contributed by atoms with Crippen LogP contribution in [-0.2, 0) is 6.54 Å². The maximum absolute atomic E-state index is 13.5. The standard InChI is InChI=1S/C20H12Cl4N4O/c21-13-3-1-4-14(22)12(13)9-28-18-10(8-26-20(25)27-18)7-11(19(28)29)17-15(23)5-2-6-16(17)24/h1-8H,9H2,(H2,25,26,27). The van der Waals surface area contributed by atoms with Gasteiger partial charge in [0, 0.05) is 32.8 Å². The molecule has 2 aromatic carbocycles. The molecule has 5 nitrogen and oxygen atoms in total. The molecule has 0 amide bonds. The zero-order valence-electron chi connectivity index (χ0n) is 14.7. The van der Waals surface area contributed by atoms with Crippen LogP contribution in [0, 0.1) is 0 Å². The maximum Gasteiger partial charge on any atom is 0.260 e. The van der Waals surface area contributed by atoms with Crippen LogP contribution in [0.5, 0.6) is 0 Å². The molecule has 0 aliphatic heterocycles. The molecule has 2 heterocycles. The number of hydrogen-bond acceptors (Lipinski definition) is 4. The molecule has 0 spiro atoms. The molecule has 0 fully saturated rings. The number of rotatable bonds is 3. The number of halogens is 4. The number of benzene rings is 2. The Morgan fingerprint density at radius 1 is 0.931 bits per heavy atom. The topological polar surface area (TPSA) is 73.8 Å². The summed E-state index contributed by atoms with van der Waals surface area (Å²) < 4.78 is 1.44. The summed E-state index contributed by atoms with van der Waals surface area (Å²) in [5.41, 5.74) is 7.08. The van der Waals surface area contributed by atoms with Crippen LogP contribution in [0.1, 0.15) is 5.56 Å². The Morgan fingerprint density at radius 2 is 1.52 bits per heavy atom. The second kappa shape index (κ2) is 7.84. The van der Waals surface area contributed by atoms with Crippen molar-refractivity contribution < 1.29 is 0 Å². The molecular weight excluding hydrogens is 454 g/mol. The van der Waals surface area contributed by atoms with Gasteiger partial charge in [0.15, 0.2) is 0 Å². The van der Waals surface area contributed by atoms with Crippen LogP contribution < -0.4 is 11.3 Å². The molecule has 0 saturated heterocycles. The number of anilines is 1. The van der Waals surface area contributed by atoms with E-state index in [0.29, 0.717) is 47.8 Å². The van der Waals surface area contributed by atoms with Crippen molar-refractivity contribution in [3.05, 3.63) is 84.7 Å². The normalized spacial score (nSPS) is 11.2. The summed E-state index contributed by atoms with van der Waals surface area (Å²) in [6, 6.07) is 11.8. The van der Waals surface area contributed by atoms with Gasteiger partial charge in [-0.2, -0.15) is 4.98 Å². The first kappa shape index (κ1) is 20.0. The van der Waals surface area contributed by atoms with E-state index in [2.05, 4.69) is 9.97 Å². The van der Waals surface area contributed by atoms with Gasteiger partial charge >= 0.3 is 0 Å². The van der Waals surface area contributed by atoms with Gasteiger partial charge in [0.2, 0.25) is 5.95 Å². The van der Waals surface area contributed by atoms with Crippen LogP contribution in [0.2, 0.25) is 20.1 Å². The molecule has 0 saturated carbocycles. The zero-order chi connectivity index (χ0) is 20.7. The monoisotopic (exact) mass is 464 g/mol. The van der Waals surface area contributed by atoms with Crippen LogP contribution >= 0.6 is 46.4 Å². The maximum atomic E-state index is 13.5. The van der Waals surface area contributed by atoms with Crippen LogP contribution in [0.25, 0.3) is 22.2 Å². The first-order valence-electron chi connectivity index (χ1n) is 8.40. The first-order valence-corrected chi connectivity index (χ1v) is 9.91. The van der Waals surface area contributed by atoms with E-state index in [1.807, 2.05) is 0 Å². The summed E-state index contributed by atoms with van der Waals surface area (Å²) >= 11 is 25.3. The third-order valence-corrected chi connectivity index (χ3v) is 5.79. The fraction of sp³-hybridized carbons (Fsp3) is 0.0500. The molecule has 2 aromatic heterocycles. The second-order valence-electron chi connectivity index (χ2n) is 6.25. The van der Waals surface area contributed by atoms with Crippen molar-refractivity contribution in [1.29, 1.82) is 0 Å². The summed E-state index contributed by atoms with van der Waals surface area (Å²) in [5, 5.41) is 2.16. The third-order valence-electron chi connectivity index (χ3n) is 4.46. The lowest BCUT2D eigenvalue weighted by molar-refractivity contribution is 0.784. The molecule has 0 aliphatic carbocycles. The van der Waals surface area contributed by atoms with E-state index in [1.54, 1.807) is 42.5 Å². The van der Waals surface area contributed by atoms with Crippen LogP contribution in [0.3, 0.4) is 0 Å². The lowest BCUT2D eigenvalue weighted by Gasteiger charge is -2.15. The molecule has 146 valence electrons. The SMILES string of the molecule is Nc1ncc2cc(-c3c(Cl)cccc3Cl)c(=O)n(Cc3c(Cl)cccc3Cl)c2n1. The lowest BCUT2D eigenvalue weighted by Crippen LogP contribution is -2.24. The highest BCUT2D eigenvalue weighted by molar-refractivity contribution is 6.39. The van der Waals surface area contributed by atoms with Gasteiger partial charge in [-0.05, 0) is 30.3 Å². The molecule has 0 atom stereocenters. The van der Waals surface area contributed by atoms with Gasteiger partial charge in [0.25, 0.3) is 5.56 Å². The number of pyridine rings is 1. The molecule has 0 bridgehead atoms. The number of nitrogens with two attached hydrogens (primary N) is 1. The largest absolute Gasteiger partial charge is 0.368 e. The number of fused-ring (bicyclic) bond motifs is 1. The summed E-state index contributed by atoms with van der Waals surface area (Å²) in [6.07, 6.45) is 1.54. The van der Waals surface area contributed by atoms with Crippen molar-refractivity contribution in [2.24, 2.45) is 0 Å². The number of nitrogens with zero attached hydrogens (tertiary/aromatic N) is 3. The zero-order valence-corrected chi connectivity index (χ0v) is 17.7. The summed E-state index contributed by atoms with van der Waals surface area (Å²) in [6.45, 7) is 0.0835. The highest BCUT2D eigenvalue weighted by Gasteiger charge is 2.19. The summed E-state index contributed by atoms with van der Waals surface area (Å²) in [5.74, 6) is 0.0411. The highest BCUT2D eigenvalue weighted by atomic mass is 35.5. The number of hydrogen-bond donors (Lipinski definition) is 1. The van der Waals surface area contributed by atoms with Crippen LogP contribution in [0.15, 0.2) is 53.5 Å². The van der Waals surface area contributed by atoms with Gasteiger partial charge in [0.05, 0.1) is 22.2 Å². The number of nitrogen functional groups attached to an aromatic ring is 1. The van der Waals surface area contributed by atoms with Crippen molar-refractivity contribution >= 4 is 63.4 Å². The van der Waals surface area contributed by atoms with Gasteiger partial charge in [-0.15, -0.1) is 0 Å². The first-order chi connectivity index (χ1) is 13.9.